The molecule has 0 saturated carbocycles. The minimum Gasteiger partial charge on any atom is -0.354 e. The summed E-state index contributed by atoms with van der Waals surface area (Å²) in [6, 6.07) is 0. The topological polar surface area (TPSA) is 73.0 Å². The molecular weight excluding hydrogens is 266 g/mol. The second-order valence-corrected chi connectivity index (χ2v) is 5.36. The molecule has 1 aliphatic rings. The molecule has 21 heavy (non-hydrogen) atoms. The average molecular weight is 289 g/mol. The van der Waals surface area contributed by atoms with Gasteiger partial charge in [0.2, 0.25) is 5.95 Å². The number of nitrogens with one attached hydrogen (secondary N) is 2. The molecule has 0 aromatic carbocycles. The van der Waals surface area contributed by atoms with Gasteiger partial charge in [-0.15, -0.1) is 0 Å². The molecule has 0 aliphatic carbocycles. The predicted octanol–water partition coefficient (Wildman–Crippen LogP) is 1.32. The first-order valence-electron chi connectivity index (χ1n) is 7.74. The van der Waals surface area contributed by atoms with Crippen molar-refractivity contribution in [3.05, 3.63) is 6.20 Å². The smallest absolute Gasteiger partial charge is 0.226 e. The van der Waals surface area contributed by atoms with Crippen LogP contribution in [0.4, 0.5) is 11.8 Å². The van der Waals surface area contributed by atoms with Gasteiger partial charge in [0.1, 0.15) is 5.82 Å². The molecule has 2 aromatic rings. The Hall–Kier alpha value is -1.89. The number of nitrogens with zero attached hydrogens (tertiary/aromatic N) is 5. The maximum atomic E-state index is 4.68. The van der Waals surface area contributed by atoms with Crippen LogP contribution in [0.25, 0.3) is 11.0 Å². The Bertz CT molecular complexity index is 586. The van der Waals surface area contributed by atoms with Gasteiger partial charge in [0.15, 0.2) is 5.65 Å². The first kappa shape index (κ1) is 14.1. The van der Waals surface area contributed by atoms with Crippen molar-refractivity contribution >= 4 is 22.8 Å². The molecular formula is C14H23N7. The molecule has 3 rings (SSSR count). The van der Waals surface area contributed by atoms with Gasteiger partial charge in [0, 0.05) is 32.7 Å². The fourth-order valence-corrected chi connectivity index (χ4v) is 2.80. The maximum absolute atomic E-state index is 4.68. The Morgan fingerprint density at radius 3 is 2.71 bits per heavy atom. The number of hydrogen-bond acceptors (Lipinski definition) is 6. The highest BCUT2D eigenvalue weighted by Gasteiger charge is 2.21. The molecule has 3 heterocycles. The number of fused-ring (bicyclic) bond motifs is 1. The Balaban J connectivity index is 1.84. The Kier molecular flexibility index (Phi) is 4.19. The number of hydrogen-bond donors (Lipinski definition) is 2. The van der Waals surface area contributed by atoms with Crippen LogP contribution in [-0.4, -0.2) is 64.3 Å². The molecule has 2 aromatic heterocycles. The van der Waals surface area contributed by atoms with E-state index in [4.69, 9.17) is 0 Å². The molecule has 7 heteroatoms. The van der Waals surface area contributed by atoms with Crippen LogP contribution < -0.4 is 10.2 Å². The zero-order chi connectivity index (χ0) is 14.7. The highest BCUT2D eigenvalue weighted by molar-refractivity contribution is 5.87. The van der Waals surface area contributed by atoms with Crippen LogP contribution in [0.2, 0.25) is 0 Å². The van der Waals surface area contributed by atoms with Gasteiger partial charge in [-0.1, -0.05) is 6.92 Å². The zero-order valence-corrected chi connectivity index (χ0v) is 12.8. The van der Waals surface area contributed by atoms with Gasteiger partial charge >= 0.3 is 0 Å². The van der Waals surface area contributed by atoms with Crippen molar-refractivity contribution < 1.29 is 0 Å². The lowest BCUT2D eigenvalue weighted by molar-refractivity contribution is 0.258. The molecule has 0 spiro atoms. The maximum Gasteiger partial charge on any atom is 0.226 e. The molecule has 0 bridgehead atoms. The third-order valence-corrected chi connectivity index (χ3v) is 3.84. The molecule has 1 aliphatic heterocycles. The van der Waals surface area contributed by atoms with Crippen LogP contribution in [0.1, 0.15) is 20.3 Å². The molecule has 114 valence electrons. The molecule has 0 amide bonds. The highest BCUT2D eigenvalue weighted by atomic mass is 15.3. The number of rotatable bonds is 5. The van der Waals surface area contributed by atoms with Gasteiger partial charge < -0.3 is 10.2 Å². The summed E-state index contributed by atoms with van der Waals surface area (Å²) < 4.78 is 0. The number of aromatic amines is 1. The number of H-pyrrole nitrogens is 1. The third-order valence-electron chi connectivity index (χ3n) is 3.84. The van der Waals surface area contributed by atoms with Crippen molar-refractivity contribution in [3.8, 4) is 0 Å². The van der Waals surface area contributed by atoms with Crippen molar-refractivity contribution in [2.75, 3.05) is 49.5 Å². The van der Waals surface area contributed by atoms with Gasteiger partial charge in [0.25, 0.3) is 0 Å². The summed E-state index contributed by atoms with van der Waals surface area (Å²) in [5.74, 6) is 1.65. The first-order chi connectivity index (χ1) is 10.3. The highest BCUT2D eigenvalue weighted by Crippen LogP contribution is 2.24. The average Bonchev–Trinajstić information content (AvgIpc) is 2.96. The van der Waals surface area contributed by atoms with Crippen LogP contribution in [0.5, 0.6) is 0 Å². The molecule has 0 atom stereocenters. The van der Waals surface area contributed by atoms with Crippen LogP contribution in [-0.2, 0) is 0 Å². The van der Waals surface area contributed by atoms with Gasteiger partial charge in [-0.05, 0) is 19.9 Å². The van der Waals surface area contributed by atoms with E-state index in [2.05, 4.69) is 42.2 Å². The van der Waals surface area contributed by atoms with Crippen LogP contribution in [0.3, 0.4) is 0 Å². The standard InChI is InChI=1S/C14H23N7/c1-3-5-20-6-8-21(9-7-20)13-11-10-16-19-12(11)17-14(18-13)15-4-2/h10H,3-9H2,1-2H3,(H2,15,16,17,18,19). The normalized spacial score (nSPS) is 16.6. The minimum absolute atomic E-state index is 0.667. The summed E-state index contributed by atoms with van der Waals surface area (Å²) in [7, 11) is 0. The van der Waals surface area contributed by atoms with Crippen LogP contribution in [0.15, 0.2) is 6.20 Å². The number of piperazine rings is 1. The van der Waals surface area contributed by atoms with E-state index in [0.29, 0.717) is 5.95 Å². The van der Waals surface area contributed by atoms with Gasteiger partial charge in [-0.25, -0.2) is 0 Å². The zero-order valence-electron chi connectivity index (χ0n) is 12.8. The summed E-state index contributed by atoms with van der Waals surface area (Å²) in [4.78, 5) is 14.0. The van der Waals surface area contributed by atoms with Crippen molar-refractivity contribution in [1.82, 2.24) is 25.1 Å². The van der Waals surface area contributed by atoms with E-state index in [0.717, 1.165) is 49.6 Å². The van der Waals surface area contributed by atoms with Gasteiger partial charge in [-0.2, -0.15) is 15.1 Å². The quantitative estimate of drug-likeness (QED) is 0.865. The largest absolute Gasteiger partial charge is 0.354 e. The van der Waals surface area contributed by atoms with Gasteiger partial charge in [0.05, 0.1) is 11.6 Å². The van der Waals surface area contributed by atoms with Crippen molar-refractivity contribution in [1.29, 1.82) is 0 Å². The fourth-order valence-electron chi connectivity index (χ4n) is 2.80. The fraction of sp³-hybridized carbons (Fsp3) is 0.643. The number of anilines is 2. The minimum atomic E-state index is 0.667. The lowest BCUT2D eigenvalue weighted by atomic mass is 10.2. The molecule has 1 saturated heterocycles. The van der Waals surface area contributed by atoms with E-state index in [1.807, 2.05) is 13.1 Å². The number of aromatic nitrogens is 4. The molecule has 2 N–H and O–H groups in total. The second-order valence-electron chi connectivity index (χ2n) is 5.36. The third kappa shape index (κ3) is 2.92. The van der Waals surface area contributed by atoms with Gasteiger partial charge in [-0.3, -0.25) is 10.00 Å². The Morgan fingerprint density at radius 1 is 1.19 bits per heavy atom. The van der Waals surface area contributed by atoms with E-state index >= 15 is 0 Å². The summed E-state index contributed by atoms with van der Waals surface area (Å²) in [5, 5.41) is 11.3. The van der Waals surface area contributed by atoms with Crippen LogP contribution >= 0.6 is 0 Å². The van der Waals surface area contributed by atoms with Crippen molar-refractivity contribution in [2.45, 2.75) is 20.3 Å². The summed E-state index contributed by atoms with van der Waals surface area (Å²) in [6.45, 7) is 10.5. The predicted molar refractivity (Wildman–Crippen MR) is 84.8 cm³/mol. The van der Waals surface area contributed by atoms with E-state index in [9.17, 15) is 0 Å². The van der Waals surface area contributed by atoms with E-state index in [-0.39, 0.29) is 0 Å². The van der Waals surface area contributed by atoms with E-state index in [1.165, 1.54) is 13.0 Å². The molecule has 0 radical (unpaired) electrons. The summed E-state index contributed by atoms with van der Waals surface area (Å²) in [5.41, 5.74) is 0.798. The van der Waals surface area contributed by atoms with E-state index < -0.39 is 0 Å². The molecule has 1 fully saturated rings. The van der Waals surface area contributed by atoms with Crippen molar-refractivity contribution in [2.24, 2.45) is 0 Å². The summed E-state index contributed by atoms with van der Waals surface area (Å²) >= 11 is 0. The Labute approximate surface area is 124 Å². The second kappa shape index (κ2) is 6.26. The van der Waals surface area contributed by atoms with Crippen molar-refractivity contribution in [3.63, 3.8) is 0 Å². The Morgan fingerprint density at radius 2 is 2.00 bits per heavy atom. The lowest BCUT2D eigenvalue weighted by Crippen LogP contribution is -2.46. The lowest BCUT2D eigenvalue weighted by Gasteiger charge is -2.35. The van der Waals surface area contributed by atoms with Crippen LogP contribution in [0, 0.1) is 0 Å². The monoisotopic (exact) mass is 289 g/mol. The molecule has 0 unspecified atom stereocenters. The SMILES string of the molecule is CCCN1CCN(c2nc(NCC)nc3[nH]ncc23)CC1. The summed E-state index contributed by atoms with van der Waals surface area (Å²) in [6.07, 6.45) is 3.03. The molecule has 7 nitrogen and oxygen atoms in total. The first-order valence-corrected chi connectivity index (χ1v) is 7.74. The van der Waals surface area contributed by atoms with E-state index in [1.54, 1.807) is 0 Å².